The molecule has 0 radical (unpaired) electrons. The molecule has 7 nitrogen and oxygen atoms in total. The summed E-state index contributed by atoms with van der Waals surface area (Å²) in [5, 5.41) is 5.60. The summed E-state index contributed by atoms with van der Waals surface area (Å²) in [6, 6.07) is 35.3. The van der Waals surface area contributed by atoms with Crippen LogP contribution in [0.2, 0.25) is 0 Å². The summed E-state index contributed by atoms with van der Waals surface area (Å²) < 4.78 is 6.95. The van der Waals surface area contributed by atoms with Crippen LogP contribution in [0, 0.1) is 0 Å². The molecule has 9 heteroatoms. The van der Waals surface area contributed by atoms with Gasteiger partial charge in [0.2, 0.25) is 5.91 Å². The number of benzene rings is 4. The Morgan fingerprint density at radius 1 is 0.891 bits per heavy atom. The van der Waals surface area contributed by atoms with Crippen molar-refractivity contribution in [2.24, 2.45) is 0 Å². The van der Waals surface area contributed by atoms with E-state index in [2.05, 4.69) is 39.6 Å². The Balaban J connectivity index is 1.14. The molecule has 4 aromatic carbocycles. The van der Waals surface area contributed by atoms with E-state index in [0.29, 0.717) is 28.5 Å². The van der Waals surface area contributed by atoms with E-state index in [-0.39, 0.29) is 17.6 Å². The fraction of sp³-hybridized carbons (Fsp3) is 0.108. The van der Waals surface area contributed by atoms with Gasteiger partial charge in [0, 0.05) is 44.0 Å². The molecule has 2 N–H and O–H groups in total. The lowest BCUT2D eigenvalue weighted by atomic mass is 10.1. The standard InChI is InChI=1S/C37H30BrN3O4S/c1-24-21-27-9-5-6-10-33(27)41(24)35(42)23-46-31-18-15-29(16-19-31)39-37(44)32(40-36(43)26-7-3-2-4-8-26)22-30-17-20-34(45-30)25-11-13-28(38)14-12-25/h2-20,22,24H,21,23H2,1H3,(H,39,44)(H,40,43)/b32-22-. The lowest BCUT2D eigenvalue weighted by molar-refractivity contribution is -0.116. The highest BCUT2D eigenvalue weighted by Gasteiger charge is 2.30. The maximum atomic E-state index is 13.5. The number of halogens is 1. The summed E-state index contributed by atoms with van der Waals surface area (Å²) in [5.74, 6) is 0.459. The van der Waals surface area contributed by atoms with E-state index < -0.39 is 11.8 Å². The highest BCUT2D eigenvalue weighted by Crippen LogP contribution is 2.33. The molecule has 1 atom stereocenters. The number of anilines is 2. The Kier molecular flexibility index (Phi) is 9.51. The van der Waals surface area contributed by atoms with Crippen LogP contribution in [0.3, 0.4) is 0 Å². The number of carbonyl (C=O) groups is 3. The van der Waals surface area contributed by atoms with Gasteiger partial charge in [0.25, 0.3) is 11.8 Å². The van der Waals surface area contributed by atoms with Crippen molar-refractivity contribution in [1.82, 2.24) is 5.32 Å². The van der Waals surface area contributed by atoms with Crippen molar-refractivity contribution in [2.75, 3.05) is 16.0 Å². The van der Waals surface area contributed by atoms with Crippen LogP contribution in [-0.2, 0) is 16.0 Å². The third-order valence-corrected chi connectivity index (χ3v) is 9.05. The zero-order valence-electron chi connectivity index (χ0n) is 24.9. The Morgan fingerprint density at radius 2 is 1.61 bits per heavy atom. The minimum Gasteiger partial charge on any atom is -0.457 e. The molecule has 2 heterocycles. The van der Waals surface area contributed by atoms with E-state index in [0.717, 1.165) is 27.0 Å². The van der Waals surface area contributed by atoms with Crippen molar-refractivity contribution in [3.8, 4) is 11.3 Å². The number of fused-ring (bicyclic) bond motifs is 1. The van der Waals surface area contributed by atoms with Crippen LogP contribution < -0.4 is 15.5 Å². The molecule has 46 heavy (non-hydrogen) atoms. The minimum atomic E-state index is -0.511. The quantitative estimate of drug-likeness (QED) is 0.120. The molecule has 0 fully saturated rings. The Labute approximate surface area is 279 Å². The molecule has 230 valence electrons. The zero-order chi connectivity index (χ0) is 32.0. The van der Waals surface area contributed by atoms with Crippen molar-refractivity contribution in [3.63, 3.8) is 0 Å². The van der Waals surface area contributed by atoms with Gasteiger partial charge < -0.3 is 20.0 Å². The number of furan rings is 1. The van der Waals surface area contributed by atoms with Crippen molar-refractivity contribution < 1.29 is 18.8 Å². The molecule has 0 saturated carbocycles. The van der Waals surface area contributed by atoms with Gasteiger partial charge in [0.05, 0.1) is 5.75 Å². The topological polar surface area (TPSA) is 91.7 Å². The van der Waals surface area contributed by atoms with E-state index in [1.165, 1.54) is 23.4 Å². The second-order valence-corrected chi connectivity index (χ2v) is 12.8. The van der Waals surface area contributed by atoms with Crippen molar-refractivity contribution in [2.45, 2.75) is 24.3 Å². The van der Waals surface area contributed by atoms with Crippen LogP contribution in [-0.4, -0.2) is 29.5 Å². The summed E-state index contributed by atoms with van der Waals surface area (Å²) >= 11 is 4.88. The van der Waals surface area contributed by atoms with Gasteiger partial charge in [-0.25, -0.2) is 0 Å². The number of rotatable bonds is 9. The van der Waals surface area contributed by atoms with Gasteiger partial charge in [0.1, 0.15) is 17.2 Å². The summed E-state index contributed by atoms with van der Waals surface area (Å²) in [5.41, 5.74) is 4.03. The Hall–Kier alpha value is -4.86. The number of hydrogen-bond acceptors (Lipinski definition) is 5. The predicted molar refractivity (Wildman–Crippen MR) is 187 cm³/mol. The van der Waals surface area contributed by atoms with Crippen LogP contribution >= 0.6 is 27.7 Å². The average Bonchev–Trinajstić information content (AvgIpc) is 3.68. The second kappa shape index (κ2) is 14.1. The third-order valence-electron chi connectivity index (χ3n) is 7.52. The van der Waals surface area contributed by atoms with E-state index in [4.69, 9.17) is 4.42 Å². The summed E-state index contributed by atoms with van der Waals surface area (Å²) in [6.45, 7) is 2.07. The van der Waals surface area contributed by atoms with Crippen LogP contribution in [0.1, 0.15) is 28.6 Å². The van der Waals surface area contributed by atoms with Crippen molar-refractivity contribution in [3.05, 3.63) is 142 Å². The smallest absolute Gasteiger partial charge is 0.272 e. The highest BCUT2D eigenvalue weighted by molar-refractivity contribution is 9.10. The molecule has 3 amide bonds. The van der Waals surface area contributed by atoms with Gasteiger partial charge in [-0.05, 0) is 85.6 Å². The Bertz CT molecular complexity index is 1900. The van der Waals surface area contributed by atoms with Gasteiger partial charge in [-0.15, -0.1) is 11.8 Å². The molecule has 5 aromatic rings. The van der Waals surface area contributed by atoms with Gasteiger partial charge in [-0.1, -0.05) is 64.5 Å². The Morgan fingerprint density at radius 3 is 2.37 bits per heavy atom. The third kappa shape index (κ3) is 7.33. The molecule has 1 aromatic heterocycles. The van der Waals surface area contributed by atoms with Crippen LogP contribution in [0.5, 0.6) is 0 Å². The lowest BCUT2D eigenvalue weighted by Gasteiger charge is -2.22. The number of amides is 3. The normalized spacial score (nSPS) is 14.1. The first-order valence-electron chi connectivity index (χ1n) is 14.7. The zero-order valence-corrected chi connectivity index (χ0v) is 27.3. The van der Waals surface area contributed by atoms with Gasteiger partial charge in [0.15, 0.2) is 0 Å². The van der Waals surface area contributed by atoms with Crippen molar-refractivity contribution in [1.29, 1.82) is 0 Å². The first-order chi connectivity index (χ1) is 22.3. The molecule has 1 unspecified atom stereocenters. The van der Waals surface area contributed by atoms with E-state index in [1.54, 1.807) is 42.5 Å². The first-order valence-corrected chi connectivity index (χ1v) is 16.5. The molecule has 0 saturated heterocycles. The number of nitrogens with one attached hydrogen (secondary N) is 2. The van der Waals surface area contributed by atoms with Crippen LogP contribution in [0.4, 0.5) is 11.4 Å². The number of para-hydroxylation sites is 1. The maximum absolute atomic E-state index is 13.5. The van der Waals surface area contributed by atoms with Crippen LogP contribution in [0.25, 0.3) is 17.4 Å². The number of carbonyl (C=O) groups excluding carboxylic acids is 3. The molecule has 6 rings (SSSR count). The van der Waals surface area contributed by atoms with E-state index >= 15 is 0 Å². The first kappa shape index (κ1) is 31.1. The molecule has 1 aliphatic heterocycles. The molecule has 1 aliphatic rings. The molecule has 0 spiro atoms. The molecular weight excluding hydrogens is 662 g/mol. The fourth-order valence-corrected chi connectivity index (χ4v) is 6.30. The monoisotopic (exact) mass is 691 g/mol. The largest absolute Gasteiger partial charge is 0.457 e. The molecule has 0 bridgehead atoms. The second-order valence-electron chi connectivity index (χ2n) is 10.8. The average molecular weight is 693 g/mol. The summed E-state index contributed by atoms with van der Waals surface area (Å²) in [6.07, 6.45) is 2.36. The van der Waals surface area contributed by atoms with Gasteiger partial charge in [-0.2, -0.15) is 0 Å². The lowest BCUT2D eigenvalue weighted by Crippen LogP contribution is -2.36. The fourth-order valence-electron chi connectivity index (χ4n) is 5.28. The van der Waals surface area contributed by atoms with Crippen LogP contribution in [0.15, 0.2) is 135 Å². The SMILES string of the molecule is CC1Cc2ccccc2N1C(=O)CSc1ccc(NC(=O)/C(=C/c2ccc(-c3ccc(Br)cc3)o2)NC(=O)c2ccccc2)cc1. The summed E-state index contributed by atoms with van der Waals surface area (Å²) in [4.78, 5) is 42.4. The number of thioether (sulfide) groups is 1. The number of nitrogens with zero attached hydrogens (tertiary/aromatic N) is 1. The molecular formula is C37H30BrN3O4S. The van der Waals surface area contributed by atoms with Gasteiger partial charge in [-0.3, -0.25) is 14.4 Å². The minimum absolute atomic E-state index is 0.0228. The number of hydrogen-bond donors (Lipinski definition) is 2. The molecule has 0 aliphatic carbocycles. The van der Waals surface area contributed by atoms with Crippen molar-refractivity contribution >= 4 is 62.9 Å². The van der Waals surface area contributed by atoms with E-state index in [9.17, 15) is 14.4 Å². The highest BCUT2D eigenvalue weighted by atomic mass is 79.9. The summed E-state index contributed by atoms with van der Waals surface area (Å²) in [7, 11) is 0. The van der Waals surface area contributed by atoms with E-state index in [1.807, 2.05) is 71.6 Å². The predicted octanol–water partition coefficient (Wildman–Crippen LogP) is 8.19. The van der Waals surface area contributed by atoms with Gasteiger partial charge >= 0.3 is 0 Å². The maximum Gasteiger partial charge on any atom is 0.272 e.